The van der Waals surface area contributed by atoms with Crippen LogP contribution < -0.4 is 4.72 Å². The van der Waals surface area contributed by atoms with Crippen molar-refractivity contribution in [1.29, 1.82) is 0 Å². The SMILES string of the molecule is CCC(C)S(=O)(=O)Nc1cccc(C(=O)Cc2ccnc(Cl)n2)c1F. The first-order valence-corrected chi connectivity index (χ1v) is 9.47. The summed E-state index contributed by atoms with van der Waals surface area (Å²) in [6.07, 6.45) is 1.59. The number of hydrogen-bond donors (Lipinski definition) is 1. The predicted octanol–water partition coefficient (Wildman–Crippen LogP) is 3.23. The van der Waals surface area contributed by atoms with E-state index in [1.165, 1.54) is 37.4 Å². The number of nitrogens with one attached hydrogen (secondary N) is 1. The minimum atomic E-state index is -3.73. The number of carbonyl (C=O) groups excluding carboxylic acids is 1. The monoisotopic (exact) mass is 385 g/mol. The maximum absolute atomic E-state index is 14.6. The second-order valence-corrected chi connectivity index (χ2v) is 7.89. The highest BCUT2D eigenvalue weighted by molar-refractivity contribution is 7.93. The van der Waals surface area contributed by atoms with Crippen LogP contribution in [0.3, 0.4) is 0 Å². The van der Waals surface area contributed by atoms with Gasteiger partial charge >= 0.3 is 0 Å². The molecule has 0 fully saturated rings. The van der Waals surface area contributed by atoms with Gasteiger partial charge in [0.1, 0.15) is 0 Å². The Balaban J connectivity index is 2.27. The molecular formula is C16H17ClFN3O3S. The minimum Gasteiger partial charge on any atom is -0.294 e. The summed E-state index contributed by atoms with van der Waals surface area (Å²) < 4.78 is 41.0. The number of rotatable bonds is 7. The smallest absolute Gasteiger partial charge is 0.235 e. The Hall–Kier alpha value is -2.06. The zero-order chi connectivity index (χ0) is 18.6. The number of ketones is 1. The van der Waals surface area contributed by atoms with Gasteiger partial charge < -0.3 is 0 Å². The molecule has 1 aromatic carbocycles. The number of carbonyl (C=O) groups is 1. The summed E-state index contributed by atoms with van der Waals surface area (Å²) >= 11 is 5.66. The van der Waals surface area contributed by atoms with Gasteiger partial charge in [-0.15, -0.1) is 0 Å². The summed E-state index contributed by atoms with van der Waals surface area (Å²) in [6, 6.07) is 5.48. The highest BCUT2D eigenvalue weighted by Crippen LogP contribution is 2.22. The Morgan fingerprint density at radius 3 is 2.72 bits per heavy atom. The molecular weight excluding hydrogens is 369 g/mol. The van der Waals surface area contributed by atoms with E-state index in [1.54, 1.807) is 6.92 Å². The van der Waals surface area contributed by atoms with Crippen molar-refractivity contribution >= 4 is 33.1 Å². The van der Waals surface area contributed by atoms with Crippen LogP contribution in [0.1, 0.15) is 36.3 Å². The minimum absolute atomic E-state index is 0.0131. The van der Waals surface area contributed by atoms with E-state index in [1.807, 2.05) is 0 Å². The van der Waals surface area contributed by atoms with Gasteiger partial charge in [-0.05, 0) is 43.1 Å². The lowest BCUT2D eigenvalue weighted by molar-refractivity contribution is 0.0988. The second kappa shape index (κ2) is 7.88. The summed E-state index contributed by atoms with van der Waals surface area (Å²) in [5, 5.41) is -0.699. The van der Waals surface area contributed by atoms with Gasteiger partial charge in [0.15, 0.2) is 11.6 Å². The van der Waals surface area contributed by atoms with Crippen molar-refractivity contribution < 1.29 is 17.6 Å². The molecule has 1 heterocycles. The average molecular weight is 386 g/mol. The first kappa shape index (κ1) is 19.3. The standard InChI is InChI=1S/C16H17ClFN3O3S/c1-3-10(2)25(23,24)21-13-6-4-5-12(15(13)18)14(22)9-11-7-8-19-16(17)20-11/h4-8,10,21H,3,9H2,1-2H3. The Kier molecular flexibility index (Phi) is 6.07. The van der Waals surface area contributed by atoms with Crippen molar-refractivity contribution in [2.45, 2.75) is 31.9 Å². The van der Waals surface area contributed by atoms with Crippen molar-refractivity contribution in [1.82, 2.24) is 9.97 Å². The van der Waals surface area contributed by atoms with E-state index in [0.717, 1.165) is 0 Å². The summed E-state index contributed by atoms with van der Waals surface area (Å²) in [5.41, 5.74) is -0.138. The topological polar surface area (TPSA) is 89.0 Å². The van der Waals surface area contributed by atoms with Gasteiger partial charge in [-0.1, -0.05) is 13.0 Å². The van der Waals surface area contributed by atoms with Gasteiger partial charge in [0.25, 0.3) is 0 Å². The molecule has 1 N–H and O–H groups in total. The molecule has 0 aliphatic carbocycles. The van der Waals surface area contributed by atoms with E-state index < -0.39 is 26.9 Å². The molecule has 1 aromatic heterocycles. The lowest BCUT2D eigenvalue weighted by Gasteiger charge is -2.14. The van der Waals surface area contributed by atoms with Crippen molar-refractivity contribution in [2.24, 2.45) is 0 Å². The Morgan fingerprint density at radius 1 is 1.36 bits per heavy atom. The molecule has 9 heteroatoms. The van der Waals surface area contributed by atoms with Gasteiger partial charge in [-0.2, -0.15) is 0 Å². The Labute approximate surface area is 150 Å². The van der Waals surface area contributed by atoms with Crippen LogP contribution in [-0.4, -0.2) is 29.4 Å². The second-order valence-electron chi connectivity index (χ2n) is 5.45. The number of hydrogen-bond acceptors (Lipinski definition) is 5. The molecule has 25 heavy (non-hydrogen) atoms. The van der Waals surface area contributed by atoms with Gasteiger partial charge in [-0.25, -0.2) is 22.8 Å². The highest BCUT2D eigenvalue weighted by atomic mass is 35.5. The molecule has 1 atom stereocenters. The van der Waals surface area contributed by atoms with Gasteiger partial charge in [0, 0.05) is 6.20 Å². The van der Waals surface area contributed by atoms with Crippen LogP contribution in [-0.2, 0) is 16.4 Å². The van der Waals surface area contributed by atoms with E-state index >= 15 is 0 Å². The van der Waals surface area contributed by atoms with Crippen molar-refractivity contribution in [2.75, 3.05) is 4.72 Å². The third-order valence-corrected chi connectivity index (χ3v) is 5.76. The number of benzene rings is 1. The molecule has 0 aliphatic rings. The zero-order valence-corrected chi connectivity index (χ0v) is 15.2. The number of Topliss-reactive ketones (excluding diaryl/α,β-unsaturated/α-hetero) is 1. The normalized spacial score (nSPS) is 12.6. The molecule has 1 unspecified atom stereocenters. The summed E-state index contributed by atoms with van der Waals surface area (Å²) in [6.45, 7) is 3.24. The Bertz CT molecular complexity index is 890. The molecule has 0 radical (unpaired) electrons. The average Bonchev–Trinajstić information content (AvgIpc) is 2.55. The molecule has 0 spiro atoms. The third kappa shape index (κ3) is 4.73. The lowest BCUT2D eigenvalue weighted by Crippen LogP contribution is -2.25. The fourth-order valence-corrected chi connectivity index (χ4v) is 3.30. The predicted molar refractivity (Wildman–Crippen MR) is 93.8 cm³/mol. The maximum atomic E-state index is 14.6. The van der Waals surface area contributed by atoms with Gasteiger partial charge in [0.2, 0.25) is 15.3 Å². The molecule has 6 nitrogen and oxygen atoms in total. The molecule has 2 aromatic rings. The zero-order valence-electron chi connectivity index (χ0n) is 13.7. The molecule has 2 rings (SSSR count). The lowest BCUT2D eigenvalue weighted by atomic mass is 10.1. The number of aromatic nitrogens is 2. The summed E-state index contributed by atoms with van der Waals surface area (Å²) in [7, 11) is -3.73. The van der Waals surface area contributed by atoms with E-state index in [-0.39, 0.29) is 23.0 Å². The first-order valence-electron chi connectivity index (χ1n) is 7.55. The van der Waals surface area contributed by atoms with Crippen LogP contribution in [0.25, 0.3) is 0 Å². The van der Waals surface area contributed by atoms with E-state index in [9.17, 15) is 17.6 Å². The highest BCUT2D eigenvalue weighted by Gasteiger charge is 2.22. The van der Waals surface area contributed by atoms with Crippen molar-refractivity contribution in [3.63, 3.8) is 0 Å². The van der Waals surface area contributed by atoms with Crippen LogP contribution in [0.5, 0.6) is 0 Å². The quantitative estimate of drug-likeness (QED) is 0.583. The van der Waals surface area contributed by atoms with E-state index in [4.69, 9.17) is 11.6 Å². The van der Waals surface area contributed by atoms with Crippen LogP contribution in [0, 0.1) is 5.82 Å². The molecule has 0 saturated carbocycles. The van der Waals surface area contributed by atoms with Gasteiger partial charge in [0.05, 0.1) is 28.6 Å². The summed E-state index contributed by atoms with van der Waals surface area (Å²) in [5.74, 6) is -1.46. The van der Waals surface area contributed by atoms with Gasteiger partial charge in [-0.3, -0.25) is 9.52 Å². The van der Waals surface area contributed by atoms with Crippen LogP contribution in [0.15, 0.2) is 30.5 Å². The van der Waals surface area contributed by atoms with Crippen LogP contribution >= 0.6 is 11.6 Å². The van der Waals surface area contributed by atoms with Crippen LogP contribution in [0.4, 0.5) is 10.1 Å². The molecule has 0 bridgehead atoms. The van der Waals surface area contributed by atoms with Crippen molar-refractivity contribution in [3.8, 4) is 0 Å². The largest absolute Gasteiger partial charge is 0.294 e. The van der Waals surface area contributed by atoms with E-state index in [2.05, 4.69) is 14.7 Å². The molecule has 0 saturated heterocycles. The maximum Gasteiger partial charge on any atom is 0.235 e. The fraction of sp³-hybridized carbons (Fsp3) is 0.312. The summed E-state index contributed by atoms with van der Waals surface area (Å²) in [4.78, 5) is 19.9. The number of sulfonamides is 1. The number of anilines is 1. The number of halogens is 2. The number of nitrogens with zero attached hydrogens (tertiary/aromatic N) is 2. The Morgan fingerprint density at radius 2 is 2.08 bits per heavy atom. The fourth-order valence-electron chi connectivity index (χ4n) is 2.03. The molecule has 134 valence electrons. The van der Waals surface area contributed by atoms with E-state index in [0.29, 0.717) is 12.1 Å². The third-order valence-electron chi connectivity index (χ3n) is 3.68. The first-order chi connectivity index (χ1) is 11.7. The van der Waals surface area contributed by atoms with Crippen molar-refractivity contribution in [3.05, 3.63) is 52.8 Å². The molecule has 0 aliphatic heterocycles. The molecule has 0 amide bonds. The van der Waals surface area contributed by atoms with Crippen LogP contribution in [0.2, 0.25) is 5.28 Å².